The van der Waals surface area contributed by atoms with E-state index in [4.69, 9.17) is 9.47 Å². The van der Waals surface area contributed by atoms with Crippen molar-refractivity contribution in [2.45, 2.75) is 45.8 Å². The Morgan fingerprint density at radius 1 is 1.13 bits per heavy atom. The molecular formula is C24H28N2O4. The maximum absolute atomic E-state index is 12.6. The first-order valence-electron chi connectivity index (χ1n) is 10.1. The summed E-state index contributed by atoms with van der Waals surface area (Å²) in [7, 11) is 0. The van der Waals surface area contributed by atoms with Gasteiger partial charge in [-0.2, -0.15) is 0 Å². The van der Waals surface area contributed by atoms with Crippen LogP contribution < -0.4 is 4.74 Å². The molecule has 0 unspecified atom stereocenters. The fourth-order valence-corrected chi connectivity index (χ4v) is 3.24. The topological polar surface area (TPSA) is 68.7 Å². The number of carbonyl (C=O) groups is 2. The third-order valence-corrected chi connectivity index (χ3v) is 4.84. The monoisotopic (exact) mass is 408 g/mol. The van der Waals surface area contributed by atoms with Crippen molar-refractivity contribution in [1.29, 1.82) is 0 Å². The van der Waals surface area contributed by atoms with E-state index in [9.17, 15) is 9.59 Å². The fourth-order valence-electron chi connectivity index (χ4n) is 3.24. The highest BCUT2D eigenvalue weighted by Gasteiger charge is 2.32. The molecule has 1 aliphatic rings. The molecule has 0 saturated carbocycles. The van der Waals surface area contributed by atoms with E-state index >= 15 is 0 Å². The highest BCUT2D eigenvalue weighted by molar-refractivity contribution is 5.94. The Kier molecular flexibility index (Phi) is 6.55. The summed E-state index contributed by atoms with van der Waals surface area (Å²) >= 11 is 0. The molecule has 6 nitrogen and oxygen atoms in total. The molecule has 0 aliphatic carbocycles. The molecule has 158 valence electrons. The van der Waals surface area contributed by atoms with Gasteiger partial charge in [0.25, 0.3) is 5.91 Å². The first-order valence-corrected chi connectivity index (χ1v) is 10.1. The first-order chi connectivity index (χ1) is 14.3. The zero-order valence-electron chi connectivity index (χ0n) is 17.9. The molecule has 0 fully saturated rings. The second-order valence-corrected chi connectivity index (χ2v) is 8.06. The quantitative estimate of drug-likeness (QED) is 0.673. The Hall–Kier alpha value is -3.15. The molecule has 0 spiro atoms. The number of carbonyl (C=O) groups excluding carboxylic acids is 2. The number of nitrogens with zero attached hydrogens (tertiary/aromatic N) is 2. The lowest BCUT2D eigenvalue weighted by Gasteiger charge is -2.28. The van der Waals surface area contributed by atoms with Crippen LogP contribution in [0.1, 0.15) is 50.0 Å². The van der Waals surface area contributed by atoms with Gasteiger partial charge in [0.05, 0.1) is 6.10 Å². The summed E-state index contributed by atoms with van der Waals surface area (Å²) in [6.45, 7) is 8.22. The van der Waals surface area contributed by atoms with Gasteiger partial charge in [-0.15, -0.1) is 0 Å². The lowest BCUT2D eigenvalue weighted by atomic mass is 9.98. The second kappa shape index (κ2) is 9.11. The molecule has 2 heterocycles. The third kappa shape index (κ3) is 5.26. The van der Waals surface area contributed by atoms with Crippen molar-refractivity contribution in [3.8, 4) is 5.75 Å². The summed E-state index contributed by atoms with van der Waals surface area (Å²) in [5, 5.41) is 0. The smallest absolute Gasteiger partial charge is 0.350 e. The number of hydrogen-bond acceptors (Lipinski definition) is 5. The summed E-state index contributed by atoms with van der Waals surface area (Å²) in [4.78, 5) is 30.7. The Balaban J connectivity index is 1.68. The number of pyridine rings is 1. The lowest BCUT2D eigenvalue weighted by Crippen LogP contribution is -2.40. The van der Waals surface area contributed by atoms with Crippen molar-refractivity contribution >= 4 is 17.4 Å². The van der Waals surface area contributed by atoms with Gasteiger partial charge in [-0.25, -0.2) is 4.79 Å². The van der Waals surface area contributed by atoms with Crippen LogP contribution in [0.25, 0.3) is 5.57 Å². The number of esters is 1. The lowest BCUT2D eigenvalue weighted by molar-refractivity contribution is -0.163. The first kappa shape index (κ1) is 21.6. The van der Waals surface area contributed by atoms with Crippen molar-refractivity contribution in [2.24, 2.45) is 0 Å². The molecule has 1 aliphatic heterocycles. The Bertz CT molecular complexity index is 935. The Labute approximate surface area is 177 Å². The van der Waals surface area contributed by atoms with Gasteiger partial charge >= 0.3 is 5.97 Å². The van der Waals surface area contributed by atoms with Crippen molar-refractivity contribution in [2.75, 3.05) is 13.1 Å². The van der Waals surface area contributed by atoms with Gasteiger partial charge in [0.2, 0.25) is 0 Å². The van der Waals surface area contributed by atoms with E-state index < -0.39 is 11.6 Å². The summed E-state index contributed by atoms with van der Waals surface area (Å²) in [5.74, 6) is 0.217. The van der Waals surface area contributed by atoms with Gasteiger partial charge in [-0.3, -0.25) is 9.78 Å². The average molecular weight is 408 g/mol. The molecule has 30 heavy (non-hydrogen) atoms. The van der Waals surface area contributed by atoms with Crippen LogP contribution in [-0.4, -0.2) is 46.6 Å². The largest absolute Gasteiger partial charge is 0.476 e. The number of aromatic nitrogens is 1. The van der Waals surface area contributed by atoms with Crippen molar-refractivity contribution in [1.82, 2.24) is 9.88 Å². The van der Waals surface area contributed by atoms with Gasteiger partial charge < -0.3 is 14.4 Å². The summed E-state index contributed by atoms with van der Waals surface area (Å²) in [6, 6.07) is 11.1. The fraction of sp³-hybridized carbons (Fsp3) is 0.375. The highest BCUT2D eigenvalue weighted by Crippen LogP contribution is 2.28. The van der Waals surface area contributed by atoms with E-state index in [1.165, 1.54) is 0 Å². The van der Waals surface area contributed by atoms with Crippen LogP contribution >= 0.6 is 0 Å². The molecule has 1 amide bonds. The molecule has 1 aromatic heterocycles. The molecule has 0 bridgehead atoms. The van der Waals surface area contributed by atoms with E-state index in [1.54, 1.807) is 38.4 Å². The van der Waals surface area contributed by atoms with Gasteiger partial charge in [0.1, 0.15) is 5.75 Å². The zero-order chi connectivity index (χ0) is 21.7. The third-order valence-electron chi connectivity index (χ3n) is 4.84. The van der Waals surface area contributed by atoms with Crippen molar-refractivity contribution in [3.63, 3.8) is 0 Å². The molecule has 0 saturated heterocycles. The summed E-state index contributed by atoms with van der Waals surface area (Å²) in [5.41, 5.74) is 1.74. The summed E-state index contributed by atoms with van der Waals surface area (Å²) < 4.78 is 11.2. The minimum Gasteiger partial charge on any atom is -0.476 e. The van der Waals surface area contributed by atoms with Gasteiger partial charge in [-0.1, -0.05) is 18.2 Å². The molecule has 0 N–H and O–H groups in total. The van der Waals surface area contributed by atoms with Gasteiger partial charge in [0.15, 0.2) is 5.60 Å². The minimum atomic E-state index is -1.09. The average Bonchev–Trinajstić information content (AvgIpc) is 2.73. The van der Waals surface area contributed by atoms with Crippen LogP contribution in [0.4, 0.5) is 0 Å². The van der Waals surface area contributed by atoms with Crippen LogP contribution in [0.15, 0.2) is 54.9 Å². The SMILES string of the molecule is CC(C)OC(=O)C(C)(C)Oc1cccc(C2=CCN(C(=O)c3ccncc3)CC2)c1. The van der Waals surface area contributed by atoms with E-state index in [0.717, 1.165) is 17.6 Å². The molecule has 3 rings (SSSR count). The number of ether oxygens (including phenoxy) is 2. The summed E-state index contributed by atoms with van der Waals surface area (Å²) in [6.07, 6.45) is 5.88. The number of benzene rings is 1. The Morgan fingerprint density at radius 2 is 1.87 bits per heavy atom. The minimum absolute atomic E-state index is 0.00944. The van der Waals surface area contributed by atoms with E-state index in [-0.39, 0.29) is 12.0 Å². The predicted molar refractivity (Wildman–Crippen MR) is 115 cm³/mol. The second-order valence-electron chi connectivity index (χ2n) is 8.06. The molecule has 1 aromatic carbocycles. The van der Waals surface area contributed by atoms with Gasteiger partial charge in [0, 0.05) is 31.0 Å². The molecule has 0 atom stereocenters. The maximum Gasteiger partial charge on any atom is 0.350 e. The van der Waals surface area contributed by atoms with E-state index in [0.29, 0.717) is 24.4 Å². The van der Waals surface area contributed by atoms with Crippen molar-refractivity contribution < 1.29 is 19.1 Å². The Morgan fingerprint density at radius 3 is 2.50 bits per heavy atom. The van der Waals surface area contributed by atoms with E-state index in [2.05, 4.69) is 11.1 Å². The van der Waals surface area contributed by atoms with Crippen LogP contribution in [0, 0.1) is 0 Å². The van der Waals surface area contributed by atoms with Gasteiger partial charge in [-0.05, 0) is 69.5 Å². The van der Waals surface area contributed by atoms with Crippen LogP contribution in [0.2, 0.25) is 0 Å². The normalized spacial score (nSPS) is 14.3. The number of amides is 1. The zero-order valence-corrected chi connectivity index (χ0v) is 17.9. The molecule has 6 heteroatoms. The van der Waals surface area contributed by atoms with Crippen LogP contribution in [0.5, 0.6) is 5.75 Å². The maximum atomic E-state index is 12.6. The van der Waals surface area contributed by atoms with Crippen molar-refractivity contribution in [3.05, 3.63) is 66.0 Å². The van der Waals surface area contributed by atoms with Crippen LogP contribution in [-0.2, 0) is 9.53 Å². The number of hydrogen-bond donors (Lipinski definition) is 0. The van der Waals surface area contributed by atoms with E-state index in [1.807, 2.05) is 43.0 Å². The van der Waals surface area contributed by atoms with Crippen LogP contribution in [0.3, 0.4) is 0 Å². The molecule has 0 radical (unpaired) electrons. The molecule has 2 aromatic rings. The predicted octanol–water partition coefficient (Wildman–Crippen LogP) is 4.12. The molecular weight excluding hydrogens is 380 g/mol. The standard InChI is InChI=1S/C24H28N2O4/c1-17(2)29-23(28)24(3,4)30-21-7-5-6-20(16-21)18-10-14-26(15-11-18)22(27)19-8-12-25-13-9-19/h5-10,12-13,16-17H,11,14-15H2,1-4H3. The highest BCUT2D eigenvalue weighted by atomic mass is 16.6. The number of rotatable bonds is 6.